The van der Waals surface area contributed by atoms with Gasteiger partial charge in [0.05, 0.1) is 7.11 Å². The van der Waals surface area contributed by atoms with Crippen molar-refractivity contribution < 1.29 is 9.53 Å². The first-order valence-corrected chi connectivity index (χ1v) is 10.2. The summed E-state index contributed by atoms with van der Waals surface area (Å²) >= 11 is 0. The van der Waals surface area contributed by atoms with Crippen molar-refractivity contribution in [1.29, 1.82) is 0 Å². The second kappa shape index (κ2) is 13.5. The Kier molecular flexibility index (Phi) is 11.8. The van der Waals surface area contributed by atoms with Gasteiger partial charge in [-0.05, 0) is 31.4 Å². The number of rotatable bonds is 8. The number of likely N-dealkylation sites (N-methyl/N-ethyl adjacent to an activating group) is 1. The lowest BCUT2D eigenvalue weighted by atomic mass is 10.0. The Labute approximate surface area is 192 Å². The molecule has 0 spiro atoms. The van der Waals surface area contributed by atoms with E-state index in [0.717, 1.165) is 57.0 Å². The average molecular weight is 517 g/mol. The number of carbonyl (C=O) groups excluding carboxylic acids is 1. The molecule has 2 N–H and O–H groups in total. The van der Waals surface area contributed by atoms with Crippen LogP contribution in [-0.4, -0.2) is 70.2 Å². The van der Waals surface area contributed by atoms with Crippen molar-refractivity contribution in [2.45, 2.75) is 38.6 Å². The maximum absolute atomic E-state index is 11.9. The molecule has 0 aliphatic carbocycles. The number of halogens is 1. The number of carbonyl (C=O) groups is 1. The molecule has 1 aromatic rings. The zero-order chi connectivity index (χ0) is 20.4. The fraction of sp³-hybridized carbons (Fsp3) is 0.619. The Balaban J connectivity index is 0.00000420. The SMILES string of the molecule is CCCCNC(=NCC(=O)N(C)C)NC1CCCN(c2cccc(OC)c2)C1.I. The van der Waals surface area contributed by atoms with Gasteiger partial charge in [-0.15, -0.1) is 24.0 Å². The predicted molar refractivity (Wildman–Crippen MR) is 131 cm³/mol. The van der Waals surface area contributed by atoms with Crippen LogP contribution in [0.1, 0.15) is 32.6 Å². The highest BCUT2D eigenvalue weighted by molar-refractivity contribution is 14.0. The molecular formula is C21H36IN5O2. The Bertz CT molecular complexity index is 654. The molecule has 1 aromatic carbocycles. The molecule has 1 aliphatic rings. The summed E-state index contributed by atoms with van der Waals surface area (Å²) in [6.07, 6.45) is 4.37. The molecule has 1 saturated heterocycles. The molecule has 1 fully saturated rings. The lowest BCUT2D eigenvalue weighted by Crippen LogP contribution is -2.51. The number of anilines is 1. The number of benzene rings is 1. The highest BCUT2D eigenvalue weighted by Gasteiger charge is 2.21. The van der Waals surface area contributed by atoms with E-state index in [0.29, 0.717) is 0 Å². The van der Waals surface area contributed by atoms with Gasteiger partial charge in [-0.2, -0.15) is 0 Å². The molecular weight excluding hydrogens is 481 g/mol. The van der Waals surface area contributed by atoms with E-state index in [1.807, 2.05) is 12.1 Å². The Morgan fingerprint density at radius 3 is 2.86 bits per heavy atom. The molecule has 1 heterocycles. The lowest BCUT2D eigenvalue weighted by Gasteiger charge is -2.35. The number of aliphatic imine (C=N–C) groups is 1. The van der Waals surface area contributed by atoms with Gasteiger partial charge in [-0.25, -0.2) is 4.99 Å². The molecule has 7 nitrogen and oxygen atoms in total. The van der Waals surface area contributed by atoms with Crippen molar-refractivity contribution in [3.63, 3.8) is 0 Å². The van der Waals surface area contributed by atoms with Crippen LogP contribution in [0.5, 0.6) is 5.75 Å². The summed E-state index contributed by atoms with van der Waals surface area (Å²) in [5.41, 5.74) is 1.17. The number of guanidine groups is 1. The molecule has 1 unspecified atom stereocenters. The van der Waals surface area contributed by atoms with Gasteiger partial charge in [0.1, 0.15) is 12.3 Å². The van der Waals surface area contributed by atoms with Gasteiger partial charge >= 0.3 is 0 Å². The van der Waals surface area contributed by atoms with Crippen LogP contribution in [0.3, 0.4) is 0 Å². The molecule has 0 aromatic heterocycles. The molecule has 1 aliphatic heterocycles. The number of methoxy groups -OCH3 is 1. The van der Waals surface area contributed by atoms with Gasteiger partial charge in [0.25, 0.3) is 0 Å². The van der Waals surface area contributed by atoms with Crippen molar-refractivity contribution in [2.24, 2.45) is 4.99 Å². The van der Waals surface area contributed by atoms with Gasteiger partial charge in [-0.1, -0.05) is 19.4 Å². The minimum absolute atomic E-state index is 0. The molecule has 164 valence electrons. The van der Waals surface area contributed by atoms with Gasteiger partial charge in [0.15, 0.2) is 5.96 Å². The van der Waals surface area contributed by atoms with Crippen molar-refractivity contribution in [1.82, 2.24) is 15.5 Å². The Hall–Kier alpha value is -1.71. The highest BCUT2D eigenvalue weighted by Crippen LogP contribution is 2.24. The second-order valence-electron chi connectivity index (χ2n) is 7.36. The van der Waals surface area contributed by atoms with Crippen LogP contribution < -0.4 is 20.3 Å². The molecule has 0 radical (unpaired) electrons. The van der Waals surface area contributed by atoms with Crippen LogP contribution >= 0.6 is 24.0 Å². The van der Waals surface area contributed by atoms with Crippen LogP contribution in [0.25, 0.3) is 0 Å². The quantitative estimate of drug-likeness (QED) is 0.240. The number of nitrogens with zero attached hydrogens (tertiary/aromatic N) is 3. The molecule has 29 heavy (non-hydrogen) atoms. The zero-order valence-corrected chi connectivity index (χ0v) is 20.4. The standard InChI is InChI=1S/C21H35N5O2.HI/c1-5-6-12-22-21(23-15-20(27)25(2)3)24-17-9-8-13-26(16-17)18-10-7-11-19(14-18)28-4;/h7,10-11,14,17H,5-6,8-9,12-13,15-16H2,1-4H3,(H2,22,23,24);1H. The van der Waals surface area contributed by atoms with E-state index in [1.54, 1.807) is 26.1 Å². The van der Waals surface area contributed by atoms with E-state index in [1.165, 1.54) is 5.69 Å². The minimum atomic E-state index is -0.00163. The molecule has 0 bridgehead atoms. The molecule has 0 saturated carbocycles. The zero-order valence-electron chi connectivity index (χ0n) is 18.1. The number of nitrogens with one attached hydrogen (secondary N) is 2. The van der Waals surface area contributed by atoms with Gasteiger partial charge in [-0.3, -0.25) is 4.79 Å². The van der Waals surface area contributed by atoms with E-state index >= 15 is 0 Å². The maximum Gasteiger partial charge on any atom is 0.243 e. The third-order valence-corrected chi connectivity index (χ3v) is 4.87. The van der Waals surface area contributed by atoms with E-state index < -0.39 is 0 Å². The molecule has 1 amide bonds. The third kappa shape index (κ3) is 8.67. The van der Waals surface area contributed by atoms with Crippen LogP contribution in [0, 0.1) is 0 Å². The van der Waals surface area contributed by atoms with Crippen molar-refractivity contribution in [2.75, 3.05) is 52.3 Å². The van der Waals surface area contributed by atoms with Crippen LogP contribution in [-0.2, 0) is 4.79 Å². The Morgan fingerprint density at radius 1 is 1.38 bits per heavy atom. The predicted octanol–water partition coefficient (Wildman–Crippen LogP) is 2.71. The topological polar surface area (TPSA) is 69.2 Å². The molecule has 2 rings (SSSR count). The number of ether oxygens (including phenoxy) is 1. The minimum Gasteiger partial charge on any atom is -0.497 e. The summed E-state index contributed by atoms with van der Waals surface area (Å²) in [5.74, 6) is 1.60. The van der Waals surface area contributed by atoms with Crippen molar-refractivity contribution >= 4 is 41.5 Å². The van der Waals surface area contributed by atoms with Crippen LogP contribution in [0.4, 0.5) is 5.69 Å². The summed E-state index contributed by atoms with van der Waals surface area (Å²) in [5, 5.41) is 6.90. The summed E-state index contributed by atoms with van der Waals surface area (Å²) in [6.45, 7) is 5.09. The summed E-state index contributed by atoms with van der Waals surface area (Å²) in [6, 6.07) is 8.47. The normalized spacial score (nSPS) is 16.6. The fourth-order valence-corrected chi connectivity index (χ4v) is 3.15. The largest absolute Gasteiger partial charge is 0.497 e. The number of piperidine rings is 1. The first-order valence-electron chi connectivity index (χ1n) is 10.2. The number of hydrogen-bond donors (Lipinski definition) is 2. The number of hydrogen-bond acceptors (Lipinski definition) is 4. The lowest BCUT2D eigenvalue weighted by molar-refractivity contribution is -0.127. The maximum atomic E-state index is 11.9. The van der Waals surface area contributed by atoms with Crippen LogP contribution in [0.2, 0.25) is 0 Å². The highest BCUT2D eigenvalue weighted by atomic mass is 127. The monoisotopic (exact) mass is 517 g/mol. The second-order valence-corrected chi connectivity index (χ2v) is 7.36. The van der Waals surface area contributed by atoms with E-state index in [9.17, 15) is 4.79 Å². The van der Waals surface area contributed by atoms with Gasteiger partial charge < -0.3 is 25.2 Å². The summed E-state index contributed by atoms with van der Waals surface area (Å²) in [7, 11) is 5.20. The first kappa shape index (κ1) is 25.3. The molecule has 8 heteroatoms. The smallest absolute Gasteiger partial charge is 0.243 e. The van der Waals surface area contributed by atoms with Crippen molar-refractivity contribution in [3.8, 4) is 5.75 Å². The van der Waals surface area contributed by atoms with Gasteiger partial charge in [0.2, 0.25) is 5.91 Å². The van der Waals surface area contributed by atoms with Gasteiger partial charge in [0, 0.05) is 51.5 Å². The first-order chi connectivity index (χ1) is 13.5. The molecule has 1 atom stereocenters. The average Bonchev–Trinajstić information content (AvgIpc) is 2.72. The fourth-order valence-electron chi connectivity index (χ4n) is 3.15. The van der Waals surface area contributed by atoms with E-state index in [2.05, 4.69) is 39.6 Å². The summed E-state index contributed by atoms with van der Waals surface area (Å²) < 4.78 is 5.36. The van der Waals surface area contributed by atoms with Crippen LogP contribution in [0.15, 0.2) is 29.3 Å². The van der Waals surface area contributed by atoms with E-state index in [4.69, 9.17) is 4.74 Å². The Morgan fingerprint density at radius 2 is 2.17 bits per heavy atom. The summed E-state index contributed by atoms with van der Waals surface area (Å²) in [4.78, 5) is 20.4. The number of amides is 1. The third-order valence-electron chi connectivity index (χ3n) is 4.87. The number of unbranched alkanes of at least 4 members (excludes halogenated alkanes) is 1. The van der Waals surface area contributed by atoms with E-state index in [-0.39, 0.29) is 42.5 Å². The van der Waals surface area contributed by atoms with Crippen molar-refractivity contribution in [3.05, 3.63) is 24.3 Å².